The van der Waals surface area contributed by atoms with Gasteiger partial charge in [-0.1, -0.05) is 35.9 Å². The molecule has 24 heavy (non-hydrogen) atoms. The minimum atomic E-state index is -0.530. The number of ether oxygens (including phenoxy) is 1. The van der Waals surface area contributed by atoms with Crippen molar-refractivity contribution in [2.45, 2.75) is 32.4 Å². The maximum Gasteiger partial charge on any atom is 0.218 e. The largest absolute Gasteiger partial charge is 0.453 e. The van der Waals surface area contributed by atoms with Crippen LogP contribution in [0.1, 0.15) is 31.9 Å². The van der Waals surface area contributed by atoms with Crippen molar-refractivity contribution in [1.29, 1.82) is 0 Å². The average Bonchev–Trinajstić information content (AvgIpc) is 2.51. The first-order valence-electron chi connectivity index (χ1n) is 7.63. The van der Waals surface area contributed by atoms with E-state index in [1.165, 1.54) is 0 Å². The lowest BCUT2D eigenvalue weighted by molar-refractivity contribution is -0.118. The van der Waals surface area contributed by atoms with E-state index in [1.54, 1.807) is 43.3 Å². The Bertz CT molecular complexity index is 710. The van der Waals surface area contributed by atoms with Crippen LogP contribution in [-0.4, -0.2) is 11.9 Å². The van der Waals surface area contributed by atoms with Crippen LogP contribution in [-0.2, 0) is 4.79 Å². The van der Waals surface area contributed by atoms with E-state index in [0.29, 0.717) is 11.3 Å². The van der Waals surface area contributed by atoms with Gasteiger partial charge in [-0.2, -0.15) is 0 Å². The van der Waals surface area contributed by atoms with Gasteiger partial charge in [0.2, 0.25) is 5.91 Å². The fourth-order valence-electron chi connectivity index (χ4n) is 2.46. The second kappa shape index (κ2) is 8.13. The third kappa shape index (κ3) is 4.69. The number of rotatable bonds is 7. The van der Waals surface area contributed by atoms with Gasteiger partial charge in [0.15, 0.2) is 11.6 Å². The smallest absolute Gasteiger partial charge is 0.218 e. The Labute approximate surface area is 145 Å². The third-order valence-electron chi connectivity index (χ3n) is 3.55. The van der Waals surface area contributed by atoms with Gasteiger partial charge in [0.1, 0.15) is 5.75 Å². The lowest BCUT2D eigenvalue weighted by Gasteiger charge is -2.21. The quantitative estimate of drug-likeness (QED) is 0.787. The van der Waals surface area contributed by atoms with Crippen molar-refractivity contribution in [3.8, 4) is 11.5 Å². The SMILES string of the molecule is C[C@@H](CC(N)=O)N[C@H](C)c1ccc(Cl)c(Oc2ccccc2)c1F. The normalized spacial score (nSPS) is 13.3. The van der Waals surface area contributed by atoms with Crippen LogP contribution in [0.2, 0.25) is 5.02 Å². The fraction of sp³-hybridized carbons (Fsp3) is 0.278. The van der Waals surface area contributed by atoms with Gasteiger partial charge < -0.3 is 15.8 Å². The molecule has 0 bridgehead atoms. The summed E-state index contributed by atoms with van der Waals surface area (Å²) in [4.78, 5) is 11.0. The topological polar surface area (TPSA) is 64.4 Å². The van der Waals surface area contributed by atoms with Crippen LogP contribution in [0.5, 0.6) is 11.5 Å². The molecule has 0 saturated carbocycles. The van der Waals surface area contributed by atoms with Crippen LogP contribution in [0.25, 0.3) is 0 Å². The van der Waals surface area contributed by atoms with Crippen LogP contribution in [0, 0.1) is 5.82 Å². The van der Waals surface area contributed by atoms with E-state index in [2.05, 4.69) is 5.32 Å². The van der Waals surface area contributed by atoms with Gasteiger partial charge in [0.05, 0.1) is 5.02 Å². The summed E-state index contributed by atoms with van der Waals surface area (Å²) >= 11 is 6.08. The number of amides is 1. The Morgan fingerprint density at radius 2 is 1.92 bits per heavy atom. The first-order valence-corrected chi connectivity index (χ1v) is 8.01. The number of nitrogens with two attached hydrogens (primary N) is 1. The van der Waals surface area contributed by atoms with Gasteiger partial charge in [-0.25, -0.2) is 4.39 Å². The number of nitrogens with one attached hydrogen (secondary N) is 1. The first kappa shape index (κ1) is 18.2. The molecule has 0 aromatic heterocycles. The predicted molar refractivity (Wildman–Crippen MR) is 92.8 cm³/mol. The highest BCUT2D eigenvalue weighted by Gasteiger charge is 2.20. The molecule has 0 fully saturated rings. The van der Waals surface area contributed by atoms with Crippen molar-refractivity contribution in [3.05, 3.63) is 58.9 Å². The molecule has 3 N–H and O–H groups in total. The molecule has 0 saturated heterocycles. The molecular weight excluding hydrogens is 331 g/mol. The van der Waals surface area contributed by atoms with Crippen molar-refractivity contribution in [1.82, 2.24) is 5.32 Å². The highest BCUT2D eigenvalue weighted by Crippen LogP contribution is 2.35. The molecule has 2 aromatic rings. The zero-order valence-electron chi connectivity index (χ0n) is 13.6. The molecule has 0 aliphatic heterocycles. The minimum absolute atomic E-state index is 0.0171. The summed E-state index contributed by atoms with van der Waals surface area (Å²) in [5.41, 5.74) is 5.58. The minimum Gasteiger partial charge on any atom is -0.453 e. The van der Waals surface area contributed by atoms with Gasteiger partial charge in [-0.15, -0.1) is 0 Å². The number of hydrogen-bond donors (Lipinski definition) is 2. The zero-order valence-corrected chi connectivity index (χ0v) is 14.3. The van der Waals surface area contributed by atoms with Crippen molar-refractivity contribution in [2.75, 3.05) is 0 Å². The van der Waals surface area contributed by atoms with Gasteiger partial charge in [-0.3, -0.25) is 4.79 Å². The standard InChI is InChI=1S/C18H20ClFN2O2/c1-11(10-16(21)23)22-12(2)14-8-9-15(19)18(17(14)20)24-13-6-4-3-5-7-13/h3-9,11-12,22H,10H2,1-2H3,(H2,21,23)/t11-,12+/m0/s1. The van der Waals surface area contributed by atoms with Crippen LogP contribution >= 0.6 is 11.6 Å². The number of para-hydroxylation sites is 1. The highest BCUT2D eigenvalue weighted by molar-refractivity contribution is 6.32. The monoisotopic (exact) mass is 350 g/mol. The van der Waals surface area contributed by atoms with Crippen molar-refractivity contribution in [2.24, 2.45) is 5.73 Å². The van der Waals surface area contributed by atoms with Gasteiger partial charge >= 0.3 is 0 Å². The molecule has 2 rings (SSSR count). The summed E-state index contributed by atoms with van der Waals surface area (Å²) in [5, 5.41) is 3.33. The van der Waals surface area contributed by atoms with E-state index < -0.39 is 11.7 Å². The fourth-order valence-corrected chi connectivity index (χ4v) is 2.64. The lowest BCUT2D eigenvalue weighted by atomic mass is 10.1. The summed E-state index contributed by atoms with van der Waals surface area (Å²) in [6, 6.07) is 11.5. The summed E-state index contributed by atoms with van der Waals surface area (Å²) in [5.74, 6) is -0.459. The Balaban J connectivity index is 2.22. The Morgan fingerprint density at radius 1 is 1.25 bits per heavy atom. The van der Waals surface area contributed by atoms with Crippen LogP contribution in [0.3, 0.4) is 0 Å². The Hall–Kier alpha value is -2.11. The van der Waals surface area contributed by atoms with Crippen LogP contribution < -0.4 is 15.8 Å². The van der Waals surface area contributed by atoms with Crippen molar-refractivity contribution < 1.29 is 13.9 Å². The van der Waals surface area contributed by atoms with E-state index in [-0.39, 0.29) is 29.3 Å². The molecule has 4 nitrogen and oxygen atoms in total. The molecular formula is C18H20ClFN2O2. The highest BCUT2D eigenvalue weighted by atomic mass is 35.5. The van der Waals surface area contributed by atoms with E-state index in [9.17, 15) is 9.18 Å². The van der Waals surface area contributed by atoms with Gasteiger partial charge in [-0.05, 0) is 32.0 Å². The third-order valence-corrected chi connectivity index (χ3v) is 3.85. The van der Waals surface area contributed by atoms with Crippen LogP contribution in [0.4, 0.5) is 4.39 Å². The maximum absolute atomic E-state index is 14.8. The first-order chi connectivity index (χ1) is 11.4. The van der Waals surface area contributed by atoms with Gasteiger partial charge in [0, 0.05) is 24.1 Å². The molecule has 0 heterocycles. The van der Waals surface area contributed by atoms with E-state index >= 15 is 0 Å². The zero-order chi connectivity index (χ0) is 17.7. The second-order valence-corrected chi connectivity index (χ2v) is 6.06. The molecule has 2 aromatic carbocycles. The predicted octanol–water partition coefficient (Wildman–Crippen LogP) is 4.19. The number of halogens is 2. The molecule has 128 valence electrons. The lowest BCUT2D eigenvalue weighted by Crippen LogP contribution is -2.33. The molecule has 2 atom stereocenters. The Kier molecular flexibility index (Phi) is 6.17. The molecule has 0 aliphatic carbocycles. The summed E-state index contributed by atoms with van der Waals surface area (Å²) in [6.07, 6.45) is 0.174. The Morgan fingerprint density at radius 3 is 2.54 bits per heavy atom. The molecule has 0 spiro atoms. The van der Waals surface area contributed by atoms with Crippen molar-refractivity contribution >= 4 is 17.5 Å². The summed E-state index contributed by atoms with van der Waals surface area (Å²) < 4.78 is 20.4. The number of carbonyl (C=O) groups excluding carboxylic acids is 1. The average molecular weight is 351 g/mol. The van der Waals surface area contributed by atoms with Crippen molar-refractivity contribution in [3.63, 3.8) is 0 Å². The number of primary amides is 1. The molecule has 0 unspecified atom stereocenters. The van der Waals surface area contributed by atoms with Crippen LogP contribution in [0.15, 0.2) is 42.5 Å². The van der Waals surface area contributed by atoms with E-state index in [4.69, 9.17) is 22.1 Å². The van der Waals surface area contributed by atoms with E-state index in [1.807, 2.05) is 13.0 Å². The second-order valence-electron chi connectivity index (χ2n) is 5.65. The summed E-state index contributed by atoms with van der Waals surface area (Å²) in [7, 11) is 0. The molecule has 1 amide bonds. The van der Waals surface area contributed by atoms with E-state index in [0.717, 1.165) is 0 Å². The molecule has 0 radical (unpaired) electrons. The maximum atomic E-state index is 14.8. The number of carbonyl (C=O) groups is 1. The molecule has 6 heteroatoms. The summed E-state index contributed by atoms with van der Waals surface area (Å²) in [6.45, 7) is 3.62. The number of hydrogen-bond acceptors (Lipinski definition) is 3. The number of benzene rings is 2. The van der Waals surface area contributed by atoms with Gasteiger partial charge in [0.25, 0.3) is 0 Å². The molecule has 0 aliphatic rings.